The Morgan fingerprint density at radius 2 is 1.97 bits per heavy atom. The van der Waals surface area contributed by atoms with Gasteiger partial charge in [0.1, 0.15) is 5.75 Å². The SMILES string of the molecule is CN=C(NC#N)NC1CCC(CNC(=O)c2ccc(Cl)cc2OC)(c2ccccc2)CC1. The molecule has 3 N–H and O–H groups in total. The van der Waals surface area contributed by atoms with Crippen molar-refractivity contribution in [2.24, 2.45) is 4.99 Å². The van der Waals surface area contributed by atoms with Crippen molar-refractivity contribution in [1.82, 2.24) is 16.0 Å². The maximum Gasteiger partial charge on any atom is 0.255 e. The first-order valence-electron chi connectivity index (χ1n) is 10.6. The van der Waals surface area contributed by atoms with Crippen molar-refractivity contribution in [1.29, 1.82) is 5.26 Å². The van der Waals surface area contributed by atoms with E-state index in [1.807, 2.05) is 24.4 Å². The summed E-state index contributed by atoms with van der Waals surface area (Å²) in [5.74, 6) is 0.744. The lowest BCUT2D eigenvalue weighted by Gasteiger charge is -2.41. The second-order valence-corrected chi connectivity index (χ2v) is 8.34. The summed E-state index contributed by atoms with van der Waals surface area (Å²) in [5.41, 5.74) is 1.49. The second-order valence-electron chi connectivity index (χ2n) is 7.90. The summed E-state index contributed by atoms with van der Waals surface area (Å²) in [6.07, 6.45) is 5.45. The zero-order valence-corrected chi connectivity index (χ0v) is 19.1. The maximum absolute atomic E-state index is 13.0. The standard InChI is InChI=1S/C24H28ClN5O2/c1-27-23(29-16-26)30-19-10-12-24(13-11-19,17-6-4-3-5-7-17)15-28-22(31)20-9-8-18(25)14-21(20)32-2/h3-9,14,19H,10-13,15H2,1-2H3,(H,28,31)(H2,27,29,30). The fraction of sp³-hybridized carbons (Fsp3) is 0.375. The van der Waals surface area contributed by atoms with Gasteiger partial charge in [0.25, 0.3) is 5.91 Å². The number of nitrogens with zero attached hydrogens (tertiary/aromatic N) is 2. The van der Waals surface area contributed by atoms with Gasteiger partial charge in [-0.25, -0.2) is 0 Å². The molecule has 1 saturated carbocycles. The number of carbonyl (C=O) groups excluding carboxylic acids is 1. The summed E-state index contributed by atoms with van der Waals surface area (Å²) in [4.78, 5) is 17.0. The maximum atomic E-state index is 13.0. The minimum Gasteiger partial charge on any atom is -0.496 e. The van der Waals surface area contributed by atoms with Gasteiger partial charge < -0.3 is 15.4 Å². The molecule has 0 aliphatic heterocycles. The number of hydrogen-bond acceptors (Lipinski definition) is 4. The Morgan fingerprint density at radius 3 is 2.59 bits per heavy atom. The van der Waals surface area contributed by atoms with E-state index in [1.165, 1.54) is 12.7 Å². The third-order valence-corrected chi connectivity index (χ3v) is 6.30. The van der Waals surface area contributed by atoms with Gasteiger partial charge in [-0.3, -0.25) is 15.1 Å². The Kier molecular flexibility index (Phi) is 7.96. The molecule has 0 radical (unpaired) electrons. The van der Waals surface area contributed by atoms with E-state index in [1.54, 1.807) is 25.2 Å². The van der Waals surface area contributed by atoms with Gasteiger partial charge in [-0.15, -0.1) is 0 Å². The van der Waals surface area contributed by atoms with Crippen molar-refractivity contribution in [3.05, 3.63) is 64.7 Å². The average Bonchev–Trinajstić information content (AvgIpc) is 2.83. The predicted molar refractivity (Wildman–Crippen MR) is 126 cm³/mol. The molecule has 0 unspecified atom stereocenters. The second kappa shape index (κ2) is 10.9. The highest BCUT2D eigenvalue weighted by atomic mass is 35.5. The number of carbonyl (C=O) groups is 1. The molecule has 3 rings (SSSR count). The van der Waals surface area contributed by atoms with Crippen LogP contribution in [0.2, 0.25) is 5.02 Å². The Labute approximate surface area is 193 Å². The number of aliphatic imine (C=N–C) groups is 1. The van der Waals surface area contributed by atoms with Crippen molar-refractivity contribution >= 4 is 23.5 Å². The van der Waals surface area contributed by atoms with Crippen LogP contribution in [0.4, 0.5) is 0 Å². The smallest absolute Gasteiger partial charge is 0.255 e. The highest BCUT2D eigenvalue weighted by Gasteiger charge is 2.37. The van der Waals surface area contributed by atoms with Gasteiger partial charge in [-0.1, -0.05) is 41.9 Å². The van der Waals surface area contributed by atoms with Crippen LogP contribution in [0.25, 0.3) is 0 Å². The first kappa shape index (κ1) is 23.4. The van der Waals surface area contributed by atoms with E-state index in [4.69, 9.17) is 21.6 Å². The Balaban J connectivity index is 1.74. The van der Waals surface area contributed by atoms with Crippen LogP contribution in [0.5, 0.6) is 5.75 Å². The number of ether oxygens (including phenoxy) is 1. The molecule has 168 valence electrons. The van der Waals surface area contributed by atoms with E-state index < -0.39 is 0 Å². The summed E-state index contributed by atoms with van der Waals surface area (Å²) in [7, 11) is 3.17. The van der Waals surface area contributed by atoms with E-state index in [0.717, 1.165) is 25.7 Å². The molecule has 7 nitrogen and oxygen atoms in total. The largest absolute Gasteiger partial charge is 0.496 e. The van der Waals surface area contributed by atoms with Crippen molar-refractivity contribution < 1.29 is 9.53 Å². The summed E-state index contributed by atoms with van der Waals surface area (Å²) in [5, 5.41) is 18.4. The van der Waals surface area contributed by atoms with Gasteiger partial charge >= 0.3 is 0 Å². The van der Waals surface area contributed by atoms with Gasteiger partial charge in [0.15, 0.2) is 6.19 Å². The zero-order valence-electron chi connectivity index (χ0n) is 18.3. The molecule has 0 heterocycles. The van der Waals surface area contributed by atoms with Crippen molar-refractivity contribution in [2.75, 3.05) is 20.7 Å². The topological polar surface area (TPSA) is 98.5 Å². The Morgan fingerprint density at radius 1 is 1.25 bits per heavy atom. The van der Waals surface area contributed by atoms with E-state index in [-0.39, 0.29) is 17.4 Å². The van der Waals surface area contributed by atoms with Crippen LogP contribution in [0.3, 0.4) is 0 Å². The molecule has 1 amide bonds. The minimum absolute atomic E-state index is 0.180. The van der Waals surface area contributed by atoms with Gasteiger partial charge in [-0.05, 0) is 49.4 Å². The highest BCUT2D eigenvalue weighted by molar-refractivity contribution is 6.30. The fourth-order valence-corrected chi connectivity index (χ4v) is 4.44. The third-order valence-electron chi connectivity index (χ3n) is 6.06. The van der Waals surface area contributed by atoms with Crippen LogP contribution >= 0.6 is 11.6 Å². The molecule has 0 bridgehead atoms. The number of rotatable bonds is 6. The van der Waals surface area contributed by atoms with Crippen LogP contribution in [0.1, 0.15) is 41.6 Å². The highest BCUT2D eigenvalue weighted by Crippen LogP contribution is 2.39. The van der Waals surface area contributed by atoms with Gasteiger partial charge in [0.05, 0.1) is 12.7 Å². The molecule has 2 aromatic carbocycles. The van der Waals surface area contributed by atoms with Crippen LogP contribution in [0, 0.1) is 11.5 Å². The molecule has 1 aliphatic carbocycles. The number of amides is 1. The molecule has 32 heavy (non-hydrogen) atoms. The van der Waals surface area contributed by atoms with Crippen LogP contribution in [-0.2, 0) is 5.41 Å². The van der Waals surface area contributed by atoms with E-state index in [2.05, 4.69) is 33.1 Å². The molecule has 0 aromatic heterocycles. The number of hydrogen-bond donors (Lipinski definition) is 3. The lowest BCUT2D eigenvalue weighted by Crippen LogP contribution is -2.49. The molecule has 1 aliphatic rings. The van der Waals surface area contributed by atoms with Gasteiger partial charge in [0.2, 0.25) is 5.96 Å². The number of nitrogens with one attached hydrogen (secondary N) is 3. The average molecular weight is 454 g/mol. The number of nitriles is 1. The molecule has 0 saturated heterocycles. The summed E-state index contributed by atoms with van der Waals surface area (Å²) in [6.45, 7) is 0.513. The normalized spacial score (nSPS) is 20.7. The molecule has 0 atom stereocenters. The van der Waals surface area contributed by atoms with Crippen LogP contribution < -0.4 is 20.7 Å². The lowest BCUT2D eigenvalue weighted by molar-refractivity contribution is 0.0932. The van der Waals surface area contributed by atoms with E-state index >= 15 is 0 Å². The fourth-order valence-electron chi connectivity index (χ4n) is 4.27. The number of benzene rings is 2. The van der Waals surface area contributed by atoms with E-state index in [9.17, 15) is 4.79 Å². The Hall–Kier alpha value is -3.24. The summed E-state index contributed by atoms with van der Waals surface area (Å²) >= 11 is 6.03. The molecular weight excluding hydrogens is 426 g/mol. The summed E-state index contributed by atoms with van der Waals surface area (Å²) < 4.78 is 5.34. The number of halogens is 1. The zero-order chi connectivity index (χ0) is 23.0. The number of guanidine groups is 1. The molecule has 0 spiro atoms. The van der Waals surface area contributed by atoms with Crippen molar-refractivity contribution in [3.63, 3.8) is 0 Å². The monoisotopic (exact) mass is 453 g/mol. The molecular formula is C24H28ClN5O2. The molecule has 1 fully saturated rings. The quantitative estimate of drug-likeness (QED) is 0.268. The van der Waals surface area contributed by atoms with Crippen LogP contribution in [0.15, 0.2) is 53.5 Å². The van der Waals surface area contributed by atoms with Gasteiger partial charge in [-0.2, -0.15) is 5.26 Å². The Bertz CT molecular complexity index is 995. The lowest BCUT2D eigenvalue weighted by atomic mass is 9.68. The van der Waals surface area contributed by atoms with Crippen LogP contribution in [-0.4, -0.2) is 38.6 Å². The minimum atomic E-state index is -0.187. The van der Waals surface area contributed by atoms with Gasteiger partial charge in [0, 0.05) is 30.1 Å². The first-order chi connectivity index (χ1) is 15.5. The number of methoxy groups -OCH3 is 1. The molecule has 8 heteroatoms. The summed E-state index contributed by atoms with van der Waals surface area (Å²) in [6, 6.07) is 15.5. The first-order valence-corrected chi connectivity index (χ1v) is 10.9. The van der Waals surface area contributed by atoms with E-state index in [0.29, 0.717) is 28.8 Å². The van der Waals surface area contributed by atoms with Crippen molar-refractivity contribution in [3.8, 4) is 11.9 Å². The molecule has 2 aromatic rings. The van der Waals surface area contributed by atoms with Crippen molar-refractivity contribution in [2.45, 2.75) is 37.1 Å². The predicted octanol–water partition coefficient (Wildman–Crippen LogP) is 3.61. The third kappa shape index (κ3) is 5.51.